The van der Waals surface area contributed by atoms with Gasteiger partial charge in [0.05, 0.1) is 0 Å². The highest BCUT2D eigenvalue weighted by atomic mass is 35.5. The van der Waals surface area contributed by atoms with Crippen molar-refractivity contribution in [2.45, 2.75) is 27.3 Å². The molecule has 0 aliphatic carbocycles. The van der Waals surface area contributed by atoms with E-state index in [1.54, 1.807) is 0 Å². The van der Waals surface area contributed by atoms with Gasteiger partial charge >= 0.3 is 0 Å². The second kappa shape index (κ2) is 7.53. The zero-order valence-corrected chi connectivity index (χ0v) is 15.4. The second-order valence-electron chi connectivity index (χ2n) is 6.15. The van der Waals surface area contributed by atoms with Crippen LogP contribution in [0.2, 0.25) is 5.02 Å². The van der Waals surface area contributed by atoms with E-state index in [1.807, 2.05) is 38.1 Å². The number of rotatable bonds is 5. The van der Waals surface area contributed by atoms with Gasteiger partial charge in [-0.1, -0.05) is 41.4 Å². The molecule has 0 aliphatic rings. The van der Waals surface area contributed by atoms with E-state index < -0.39 is 0 Å². The molecule has 1 heterocycles. The lowest BCUT2D eigenvalue weighted by Crippen LogP contribution is -2.06. The number of nitrogens with one attached hydrogen (secondary N) is 2. The van der Waals surface area contributed by atoms with Crippen LogP contribution in [0.5, 0.6) is 0 Å². The highest BCUT2D eigenvalue weighted by molar-refractivity contribution is 6.30. The van der Waals surface area contributed by atoms with E-state index in [0.717, 1.165) is 29.3 Å². The fourth-order valence-corrected chi connectivity index (χ4v) is 2.84. The van der Waals surface area contributed by atoms with Gasteiger partial charge in [-0.3, -0.25) is 0 Å². The fraction of sp³-hybridized carbons (Fsp3) is 0.200. The van der Waals surface area contributed by atoms with Gasteiger partial charge in [0, 0.05) is 29.0 Å². The third-order valence-electron chi connectivity index (χ3n) is 3.85. The van der Waals surface area contributed by atoms with Crippen LogP contribution in [0.3, 0.4) is 0 Å². The molecule has 2 aromatic carbocycles. The van der Waals surface area contributed by atoms with Crippen molar-refractivity contribution in [1.29, 1.82) is 0 Å². The Hall–Kier alpha value is -2.59. The van der Waals surface area contributed by atoms with E-state index >= 15 is 0 Å². The van der Waals surface area contributed by atoms with E-state index in [4.69, 9.17) is 11.6 Å². The van der Waals surface area contributed by atoms with Gasteiger partial charge in [-0.25, -0.2) is 4.98 Å². The van der Waals surface area contributed by atoms with Crippen molar-refractivity contribution < 1.29 is 0 Å². The molecule has 5 heteroatoms. The van der Waals surface area contributed by atoms with Crippen LogP contribution >= 0.6 is 11.6 Å². The molecule has 128 valence electrons. The van der Waals surface area contributed by atoms with E-state index in [-0.39, 0.29) is 0 Å². The van der Waals surface area contributed by atoms with E-state index in [2.05, 4.69) is 51.8 Å². The summed E-state index contributed by atoms with van der Waals surface area (Å²) >= 11 is 6.01. The molecular weight excluding hydrogens is 332 g/mol. The first-order chi connectivity index (χ1) is 12.0. The maximum Gasteiger partial charge on any atom is 0.229 e. The monoisotopic (exact) mass is 352 g/mol. The first-order valence-electron chi connectivity index (χ1n) is 8.18. The Morgan fingerprint density at radius 2 is 1.80 bits per heavy atom. The SMILES string of the molecule is Cc1cccc(CNc2cc(C)nc(Nc3ccc(Cl)cc3C)n2)c1. The Balaban J connectivity index is 1.76. The number of hydrogen-bond donors (Lipinski definition) is 2. The summed E-state index contributed by atoms with van der Waals surface area (Å²) in [7, 11) is 0. The minimum atomic E-state index is 0.567. The Bertz CT molecular complexity index is 893. The van der Waals surface area contributed by atoms with Gasteiger partial charge in [0.25, 0.3) is 0 Å². The molecule has 2 N–H and O–H groups in total. The fourth-order valence-electron chi connectivity index (χ4n) is 2.62. The van der Waals surface area contributed by atoms with E-state index in [9.17, 15) is 0 Å². The molecular formula is C20H21ClN4. The maximum absolute atomic E-state index is 6.01. The smallest absolute Gasteiger partial charge is 0.229 e. The average Bonchev–Trinajstić information content (AvgIpc) is 2.55. The molecule has 0 saturated carbocycles. The van der Waals surface area contributed by atoms with Gasteiger partial charge in [0.1, 0.15) is 5.82 Å². The van der Waals surface area contributed by atoms with E-state index in [0.29, 0.717) is 11.0 Å². The Labute approximate surface area is 153 Å². The largest absolute Gasteiger partial charge is 0.366 e. The first-order valence-corrected chi connectivity index (χ1v) is 8.56. The summed E-state index contributed by atoms with van der Waals surface area (Å²) in [4.78, 5) is 9.03. The molecule has 25 heavy (non-hydrogen) atoms. The predicted octanol–water partition coefficient (Wildman–Crippen LogP) is 5.41. The van der Waals surface area contributed by atoms with Gasteiger partial charge in [0.15, 0.2) is 0 Å². The third kappa shape index (κ3) is 4.70. The van der Waals surface area contributed by atoms with Gasteiger partial charge < -0.3 is 10.6 Å². The number of aromatic nitrogens is 2. The summed E-state index contributed by atoms with van der Waals surface area (Å²) in [6.07, 6.45) is 0. The van der Waals surface area contributed by atoms with Crippen molar-refractivity contribution in [2.75, 3.05) is 10.6 Å². The van der Waals surface area contributed by atoms with Crippen molar-refractivity contribution in [3.8, 4) is 0 Å². The lowest BCUT2D eigenvalue weighted by atomic mass is 10.1. The summed E-state index contributed by atoms with van der Waals surface area (Å²) in [5, 5.41) is 7.35. The minimum absolute atomic E-state index is 0.567. The third-order valence-corrected chi connectivity index (χ3v) is 4.08. The summed E-state index contributed by atoms with van der Waals surface area (Å²) in [5.41, 5.74) is 5.36. The Morgan fingerprint density at radius 3 is 2.56 bits per heavy atom. The second-order valence-corrected chi connectivity index (χ2v) is 6.58. The molecule has 0 fully saturated rings. The predicted molar refractivity (Wildman–Crippen MR) is 105 cm³/mol. The molecule has 3 rings (SSSR count). The standard InChI is InChI=1S/C20H21ClN4/c1-13-5-4-6-16(9-13)12-22-19-11-15(3)23-20(25-19)24-18-8-7-17(21)10-14(18)2/h4-11H,12H2,1-3H3,(H2,22,23,24,25). The summed E-state index contributed by atoms with van der Waals surface area (Å²) < 4.78 is 0. The number of anilines is 3. The Kier molecular flexibility index (Phi) is 5.19. The number of aryl methyl sites for hydroxylation is 3. The lowest BCUT2D eigenvalue weighted by Gasteiger charge is -2.12. The maximum atomic E-state index is 6.01. The van der Waals surface area contributed by atoms with Crippen molar-refractivity contribution in [1.82, 2.24) is 9.97 Å². The molecule has 0 amide bonds. The van der Waals surface area contributed by atoms with Crippen molar-refractivity contribution >= 4 is 29.1 Å². The topological polar surface area (TPSA) is 49.8 Å². The quantitative estimate of drug-likeness (QED) is 0.644. The average molecular weight is 353 g/mol. The van der Waals surface area contributed by atoms with Crippen LogP contribution in [-0.2, 0) is 6.54 Å². The van der Waals surface area contributed by atoms with Gasteiger partial charge in [-0.15, -0.1) is 0 Å². The zero-order chi connectivity index (χ0) is 17.8. The molecule has 3 aromatic rings. The van der Waals surface area contributed by atoms with E-state index in [1.165, 1.54) is 11.1 Å². The summed E-state index contributed by atoms with van der Waals surface area (Å²) in [5.74, 6) is 1.36. The molecule has 0 spiro atoms. The van der Waals surface area contributed by atoms with Crippen LogP contribution in [0.1, 0.15) is 22.4 Å². The molecule has 0 aliphatic heterocycles. The van der Waals surface area contributed by atoms with Crippen molar-refractivity contribution in [2.24, 2.45) is 0 Å². The van der Waals surface area contributed by atoms with Crippen LogP contribution in [0, 0.1) is 20.8 Å². The number of benzene rings is 2. The highest BCUT2D eigenvalue weighted by Crippen LogP contribution is 2.23. The lowest BCUT2D eigenvalue weighted by molar-refractivity contribution is 1.06. The first kappa shape index (κ1) is 17.2. The summed E-state index contributed by atoms with van der Waals surface area (Å²) in [6, 6.07) is 16.1. The highest BCUT2D eigenvalue weighted by Gasteiger charge is 2.05. The number of hydrogen-bond acceptors (Lipinski definition) is 4. The number of nitrogens with zero attached hydrogens (tertiary/aromatic N) is 2. The van der Waals surface area contributed by atoms with Crippen LogP contribution in [0.25, 0.3) is 0 Å². The molecule has 1 aromatic heterocycles. The molecule has 0 atom stereocenters. The number of halogens is 1. The van der Waals surface area contributed by atoms with Crippen molar-refractivity contribution in [3.05, 3.63) is 75.9 Å². The van der Waals surface area contributed by atoms with Gasteiger partial charge in [-0.2, -0.15) is 4.98 Å². The minimum Gasteiger partial charge on any atom is -0.366 e. The van der Waals surface area contributed by atoms with Crippen molar-refractivity contribution in [3.63, 3.8) is 0 Å². The van der Waals surface area contributed by atoms with Crippen LogP contribution in [0.4, 0.5) is 17.5 Å². The molecule has 4 nitrogen and oxygen atoms in total. The molecule has 0 radical (unpaired) electrons. The molecule has 0 unspecified atom stereocenters. The van der Waals surface area contributed by atoms with Crippen LogP contribution in [0.15, 0.2) is 48.5 Å². The van der Waals surface area contributed by atoms with Gasteiger partial charge in [0.2, 0.25) is 5.95 Å². The van der Waals surface area contributed by atoms with Crippen LogP contribution in [-0.4, -0.2) is 9.97 Å². The Morgan fingerprint density at radius 1 is 0.960 bits per heavy atom. The molecule has 0 bridgehead atoms. The molecule has 0 saturated heterocycles. The zero-order valence-electron chi connectivity index (χ0n) is 14.6. The normalized spacial score (nSPS) is 10.6. The van der Waals surface area contributed by atoms with Crippen LogP contribution < -0.4 is 10.6 Å². The van der Waals surface area contributed by atoms with Gasteiger partial charge in [-0.05, 0) is 50.1 Å². The summed E-state index contributed by atoms with van der Waals surface area (Å²) in [6.45, 7) is 6.77.